The smallest absolute Gasteiger partial charge is 0.173 e. The molecule has 0 bridgehead atoms. The molecule has 1 unspecified atom stereocenters. The number of anilines is 1. The van der Waals surface area contributed by atoms with E-state index in [2.05, 4.69) is 21.2 Å². The van der Waals surface area contributed by atoms with E-state index >= 15 is 0 Å². The van der Waals surface area contributed by atoms with Crippen molar-refractivity contribution >= 4 is 39.0 Å². The van der Waals surface area contributed by atoms with Crippen LogP contribution in [-0.2, 0) is 0 Å². The van der Waals surface area contributed by atoms with Gasteiger partial charge >= 0.3 is 0 Å². The van der Waals surface area contributed by atoms with E-state index < -0.39 is 6.10 Å². The average Bonchev–Trinajstić information content (AvgIpc) is 2.35. The predicted octanol–water partition coefficient (Wildman–Crippen LogP) is 2.28. The molecule has 1 atom stereocenters. The second-order valence-corrected chi connectivity index (χ2v) is 4.19. The van der Waals surface area contributed by atoms with Crippen molar-refractivity contribution in [1.29, 1.82) is 0 Å². The number of Topliss-reactive ketones (excluding diaryl/α,β-unsaturated/α-hetero) is 1. The van der Waals surface area contributed by atoms with Crippen molar-refractivity contribution in [2.24, 2.45) is 0 Å². The number of aliphatic hydroxyl groups excluding tert-OH is 1. The Labute approximate surface area is 108 Å². The molecule has 1 aromatic carbocycles. The third kappa shape index (κ3) is 4.12. The molecule has 0 fully saturated rings. The minimum atomic E-state index is -0.564. The summed E-state index contributed by atoms with van der Waals surface area (Å²) in [6, 6.07) is 7.10. The summed E-state index contributed by atoms with van der Waals surface area (Å²) in [5, 5.41) is 12.6. The fourth-order valence-electron chi connectivity index (χ4n) is 1.14. The minimum Gasteiger partial charge on any atom is -0.390 e. The fraction of sp³-hybridized carbons (Fsp3) is 0.364. The normalized spacial score (nSPS) is 12.2. The van der Waals surface area contributed by atoms with Crippen molar-refractivity contribution in [2.45, 2.75) is 6.10 Å². The SMILES string of the molecule is O=C(CBr)c1ccc(NCC(O)CCl)cc1. The maximum absolute atomic E-state index is 11.3. The number of carbonyl (C=O) groups excluding carboxylic acids is 1. The number of nitrogens with one attached hydrogen (secondary N) is 1. The largest absolute Gasteiger partial charge is 0.390 e. The van der Waals surface area contributed by atoms with Gasteiger partial charge in [0.1, 0.15) is 0 Å². The minimum absolute atomic E-state index is 0.0485. The summed E-state index contributed by atoms with van der Waals surface area (Å²) in [4.78, 5) is 11.3. The van der Waals surface area contributed by atoms with E-state index in [9.17, 15) is 9.90 Å². The summed E-state index contributed by atoms with van der Waals surface area (Å²) in [6.07, 6.45) is -0.564. The third-order valence-corrected chi connectivity index (χ3v) is 2.91. The monoisotopic (exact) mass is 305 g/mol. The molecule has 0 saturated carbocycles. The van der Waals surface area contributed by atoms with Gasteiger partial charge in [0, 0.05) is 17.8 Å². The van der Waals surface area contributed by atoms with Crippen molar-refractivity contribution in [2.75, 3.05) is 23.1 Å². The van der Waals surface area contributed by atoms with Crippen molar-refractivity contribution in [1.82, 2.24) is 0 Å². The van der Waals surface area contributed by atoms with Gasteiger partial charge < -0.3 is 10.4 Å². The van der Waals surface area contributed by atoms with Crippen molar-refractivity contribution < 1.29 is 9.90 Å². The Hall–Kier alpha value is -0.580. The highest BCUT2D eigenvalue weighted by Gasteiger charge is 2.04. The second-order valence-electron chi connectivity index (χ2n) is 3.32. The number of carbonyl (C=O) groups is 1. The van der Waals surface area contributed by atoms with Crippen LogP contribution in [0.25, 0.3) is 0 Å². The molecule has 1 aromatic rings. The molecule has 0 amide bonds. The van der Waals surface area contributed by atoms with Gasteiger partial charge in [-0.15, -0.1) is 11.6 Å². The molecule has 16 heavy (non-hydrogen) atoms. The van der Waals surface area contributed by atoms with E-state index in [4.69, 9.17) is 11.6 Å². The van der Waals surface area contributed by atoms with Crippen LogP contribution in [0.4, 0.5) is 5.69 Å². The maximum Gasteiger partial charge on any atom is 0.173 e. The molecule has 0 radical (unpaired) electrons. The Morgan fingerprint density at radius 1 is 1.44 bits per heavy atom. The molecule has 0 saturated heterocycles. The van der Waals surface area contributed by atoms with E-state index in [1.165, 1.54) is 0 Å². The van der Waals surface area contributed by atoms with Crippen molar-refractivity contribution in [3.05, 3.63) is 29.8 Å². The summed E-state index contributed by atoms with van der Waals surface area (Å²) in [7, 11) is 0. The van der Waals surface area contributed by atoms with Gasteiger partial charge in [-0.3, -0.25) is 4.79 Å². The molecule has 0 aromatic heterocycles. The van der Waals surface area contributed by atoms with E-state index in [1.807, 2.05) is 0 Å². The molecule has 0 heterocycles. The topological polar surface area (TPSA) is 49.3 Å². The molecule has 0 aliphatic rings. The highest BCUT2D eigenvalue weighted by Crippen LogP contribution is 2.11. The quantitative estimate of drug-likeness (QED) is 0.626. The average molecular weight is 307 g/mol. The maximum atomic E-state index is 11.3. The van der Waals surface area contributed by atoms with Gasteiger partial charge in [-0.2, -0.15) is 0 Å². The van der Waals surface area contributed by atoms with Crippen molar-refractivity contribution in [3.8, 4) is 0 Å². The number of benzene rings is 1. The number of aliphatic hydroxyl groups is 1. The molecule has 0 aliphatic heterocycles. The Balaban J connectivity index is 2.54. The van der Waals surface area contributed by atoms with Gasteiger partial charge in [0.15, 0.2) is 5.78 Å². The lowest BCUT2D eigenvalue weighted by molar-refractivity contribution is 0.102. The van der Waals surface area contributed by atoms with Crippen LogP contribution in [0.3, 0.4) is 0 Å². The standard InChI is InChI=1S/C11H13BrClNO2/c12-5-11(16)8-1-3-9(4-2-8)14-7-10(15)6-13/h1-4,10,14-15H,5-7H2. The number of halogens is 2. The second kappa shape index (κ2) is 6.89. The van der Waals surface area contributed by atoms with Gasteiger partial charge in [0.25, 0.3) is 0 Å². The Morgan fingerprint density at radius 2 is 2.06 bits per heavy atom. The zero-order valence-electron chi connectivity index (χ0n) is 8.62. The lowest BCUT2D eigenvalue weighted by atomic mass is 10.1. The van der Waals surface area contributed by atoms with Gasteiger partial charge in [-0.1, -0.05) is 15.9 Å². The van der Waals surface area contributed by atoms with Crippen LogP contribution in [-0.4, -0.2) is 34.7 Å². The Kier molecular flexibility index (Phi) is 5.80. The Bertz CT molecular complexity index is 342. The van der Waals surface area contributed by atoms with Crippen LogP contribution >= 0.6 is 27.5 Å². The molecule has 3 nitrogen and oxygen atoms in total. The van der Waals surface area contributed by atoms with Gasteiger partial charge in [0.05, 0.1) is 17.3 Å². The van der Waals surface area contributed by atoms with E-state index in [0.717, 1.165) is 5.69 Å². The first-order valence-corrected chi connectivity index (χ1v) is 6.50. The predicted molar refractivity (Wildman–Crippen MR) is 69.8 cm³/mol. The number of ketones is 1. The van der Waals surface area contributed by atoms with Crippen LogP contribution in [0.15, 0.2) is 24.3 Å². The van der Waals surface area contributed by atoms with Crippen LogP contribution in [0.1, 0.15) is 10.4 Å². The number of rotatable bonds is 6. The summed E-state index contributed by atoms with van der Waals surface area (Å²) in [5.74, 6) is 0.250. The van der Waals surface area contributed by atoms with Crippen LogP contribution in [0, 0.1) is 0 Å². The first-order chi connectivity index (χ1) is 7.67. The summed E-state index contributed by atoms with van der Waals surface area (Å²) in [5.41, 5.74) is 1.52. The van der Waals surface area contributed by atoms with Crippen LogP contribution in [0.2, 0.25) is 0 Å². The lowest BCUT2D eigenvalue weighted by Gasteiger charge is -2.10. The van der Waals surface area contributed by atoms with Crippen LogP contribution in [0.5, 0.6) is 0 Å². The summed E-state index contributed by atoms with van der Waals surface area (Å²) in [6.45, 7) is 0.398. The molecule has 0 spiro atoms. The summed E-state index contributed by atoms with van der Waals surface area (Å²) < 4.78 is 0. The van der Waals surface area contributed by atoms with Gasteiger partial charge in [-0.05, 0) is 24.3 Å². The fourth-order valence-corrected chi connectivity index (χ4v) is 1.57. The first-order valence-electron chi connectivity index (χ1n) is 4.84. The molecule has 2 N–H and O–H groups in total. The van der Waals surface area contributed by atoms with Crippen LogP contribution < -0.4 is 5.32 Å². The zero-order chi connectivity index (χ0) is 12.0. The lowest BCUT2D eigenvalue weighted by Crippen LogP contribution is -2.20. The number of alkyl halides is 2. The first kappa shape index (κ1) is 13.5. The third-order valence-electron chi connectivity index (χ3n) is 2.05. The molecule has 0 aliphatic carbocycles. The summed E-state index contributed by atoms with van der Waals surface area (Å²) >= 11 is 8.58. The van der Waals surface area contributed by atoms with E-state index in [1.54, 1.807) is 24.3 Å². The highest BCUT2D eigenvalue weighted by atomic mass is 79.9. The molecule has 1 rings (SSSR count). The molecular formula is C11H13BrClNO2. The number of hydrogen-bond acceptors (Lipinski definition) is 3. The van der Waals surface area contributed by atoms with E-state index in [0.29, 0.717) is 17.4 Å². The van der Waals surface area contributed by atoms with E-state index in [-0.39, 0.29) is 11.7 Å². The number of hydrogen-bond donors (Lipinski definition) is 2. The Morgan fingerprint density at radius 3 is 2.56 bits per heavy atom. The van der Waals surface area contributed by atoms with Gasteiger partial charge in [0.2, 0.25) is 0 Å². The zero-order valence-corrected chi connectivity index (χ0v) is 11.0. The van der Waals surface area contributed by atoms with Gasteiger partial charge in [-0.25, -0.2) is 0 Å². The molecule has 5 heteroatoms. The molecule has 88 valence electrons. The van der Waals surface area contributed by atoms with Crippen molar-refractivity contribution in [3.63, 3.8) is 0 Å². The highest BCUT2D eigenvalue weighted by molar-refractivity contribution is 9.09. The molecular weight excluding hydrogens is 293 g/mol.